The molecule has 0 fully saturated rings. The van der Waals surface area contributed by atoms with Crippen LogP contribution in [0.5, 0.6) is 0 Å². The topological polar surface area (TPSA) is 69.2 Å². The van der Waals surface area contributed by atoms with Gasteiger partial charge in [0.2, 0.25) is 0 Å². The Morgan fingerprint density at radius 1 is 1.00 bits per heavy atom. The van der Waals surface area contributed by atoms with Crippen LogP contribution in [0.4, 0.5) is 0 Å². The van der Waals surface area contributed by atoms with Crippen molar-refractivity contribution in [3.63, 3.8) is 0 Å². The van der Waals surface area contributed by atoms with E-state index in [-0.39, 0.29) is 0 Å². The van der Waals surface area contributed by atoms with Crippen LogP contribution in [-0.4, -0.2) is 24.6 Å². The minimum atomic E-state index is -1.12. The van der Waals surface area contributed by atoms with E-state index in [1.165, 1.54) is 9.36 Å². The maximum Gasteiger partial charge on any atom is 0.352 e. The van der Waals surface area contributed by atoms with Crippen molar-refractivity contribution in [2.75, 3.05) is 0 Å². The number of hydrogen-bond acceptors (Lipinski definition) is 3. The van der Waals surface area contributed by atoms with Crippen LogP contribution in [0.25, 0.3) is 5.69 Å². The summed E-state index contributed by atoms with van der Waals surface area (Å²) in [5.74, 6) is 0. The van der Waals surface area contributed by atoms with Crippen molar-refractivity contribution >= 4 is 0 Å². The predicted molar refractivity (Wildman–Crippen MR) is 72.1 cm³/mol. The maximum absolute atomic E-state index is 12.5. The number of benzene rings is 1. The van der Waals surface area contributed by atoms with E-state index >= 15 is 0 Å². The summed E-state index contributed by atoms with van der Waals surface area (Å²) in [4.78, 5) is 25.0. The highest BCUT2D eigenvalue weighted by Gasteiger charge is 2.53. The zero-order chi connectivity index (χ0) is 14.1. The molecule has 1 unspecified atom stereocenters. The van der Waals surface area contributed by atoms with Gasteiger partial charge in [-0.1, -0.05) is 30.4 Å². The number of fused-ring (bicyclic) bond motifs is 5. The highest BCUT2D eigenvalue weighted by Crippen LogP contribution is 2.45. The van der Waals surface area contributed by atoms with Gasteiger partial charge in [0, 0.05) is 0 Å². The van der Waals surface area contributed by atoms with Crippen molar-refractivity contribution in [3.8, 4) is 5.69 Å². The Kier molecular flexibility index (Phi) is 1.95. The van der Waals surface area contributed by atoms with E-state index in [4.69, 9.17) is 0 Å². The van der Waals surface area contributed by atoms with Crippen LogP contribution in [0.1, 0.15) is 19.0 Å². The summed E-state index contributed by atoms with van der Waals surface area (Å²) in [6, 6.07) is 7.83. The average molecular weight is 271 g/mol. The number of aromatic nitrogens is 3. The third-order valence-corrected chi connectivity index (χ3v) is 4.22. The van der Waals surface area contributed by atoms with Crippen LogP contribution in [0.2, 0.25) is 0 Å². The first-order valence-electron chi connectivity index (χ1n) is 6.45. The second-order valence-corrected chi connectivity index (χ2v) is 5.43. The predicted octanol–water partition coefficient (Wildman–Crippen LogP) is 0.217. The van der Waals surface area contributed by atoms with Gasteiger partial charge in [-0.25, -0.2) is 23.5 Å². The molecule has 1 aliphatic heterocycles. The van der Waals surface area contributed by atoms with Gasteiger partial charge in [0.15, 0.2) is 0 Å². The molecule has 0 saturated heterocycles. The number of nitrogens with zero attached hydrogens (tertiary/aromatic N) is 3. The highest BCUT2D eigenvalue weighted by molar-refractivity contribution is 5.32. The fourth-order valence-corrected chi connectivity index (χ4v) is 3.21. The van der Waals surface area contributed by atoms with E-state index in [1.807, 2.05) is 6.07 Å². The number of rotatable bonds is 1. The van der Waals surface area contributed by atoms with Gasteiger partial charge in [-0.2, -0.15) is 0 Å². The normalized spacial score (nSPS) is 29.9. The zero-order valence-corrected chi connectivity index (χ0v) is 10.8. The first-order chi connectivity index (χ1) is 9.53. The number of hydrogen-bond donors (Lipinski definition) is 1. The standard InChI is InChI=1S/C14H13N3O3/c1-14(20)10-7-8-11(14)17-13(19)15(12(18)16(10)17)9-5-3-2-4-6-9/h2-8,10-11,20H,1H3/t10-,11+,14?. The maximum atomic E-state index is 12.5. The molecule has 2 aromatic rings. The van der Waals surface area contributed by atoms with E-state index in [9.17, 15) is 14.7 Å². The first kappa shape index (κ1) is 11.5. The fraction of sp³-hybridized carbons (Fsp3) is 0.286. The van der Waals surface area contributed by atoms with E-state index < -0.39 is 29.1 Å². The molecule has 6 nitrogen and oxygen atoms in total. The van der Waals surface area contributed by atoms with Gasteiger partial charge in [-0.15, -0.1) is 0 Å². The molecule has 102 valence electrons. The van der Waals surface area contributed by atoms with Gasteiger partial charge in [0.05, 0.1) is 5.69 Å². The smallest absolute Gasteiger partial charge is 0.352 e. The van der Waals surface area contributed by atoms with Crippen molar-refractivity contribution < 1.29 is 5.11 Å². The van der Waals surface area contributed by atoms with Crippen molar-refractivity contribution in [3.05, 3.63) is 63.5 Å². The van der Waals surface area contributed by atoms with E-state index in [0.29, 0.717) is 5.69 Å². The lowest BCUT2D eigenvalue weighted by Gasteiger charge is -2.21. The Labute approximate surface area is 113 Å². The molecule has 4 rings (SSSR count). The van der Waals surface area contributed by atoms with Crippen molar-refractivity contribution in [1.29, 1.82) is 0 Å². The Morgan fingerprint density at radius 3 is 2.00 bits per heavy atom. The van der Waals surface area contributed by atoms with E-state index in [2.05, 4.69) is 0 Å². The summed E-state index contributed by atoms with van der Waals surface area (Å²) in [5.41, 5.74) is -1.42. The van der Waals surface area contributed by atoms with Gasteiger partial charge in [0.1, 0.15) is 17.7 Å². The Morgan fingerprint density at radius 2 is 1.50 bits per heavy atom. The molecule has 0 radical (unpaired) electrons. The minimum absolute atomic E-state index is 0.418. The lowest BCUT2D eigenvalue weighted by molar-refractivity contribution is 0.0331. The summed E-state index contributed by atoms with van der Waals surface area (Å²) in [6.45, 7) is 1.65. The van der Waals surface area contributed by atoms with Crippen molar-refractivity contribution in [1.82, 2.24) is 13.9 Å². The van der Waals surface area contributed by atoms with E-state index in [1.54, 1.807) is 43.3 Å². The zero-order valence-electron chi connectivity index (χ0n) is 10.8. The van der Waals surface area contributed by atoms with Crippen LogP contribution >= 0.6 is 0 Å². The molecule has 2 heterocycles. The van der Waals surface area contributed by atoms with Gasteiger partial charge in [0.25, 0.3) is 0 Å². The molecule has 1 aliphatic carbocycles. The van der Waals surface area contributed by atoms with Gasteiger partial charge in [-0.3, -0.25) is 0 Å². The van der Waals surface area contributed by atoms with Crippen molar-refractivity contribution in [2.45, 2.75) is 24.6 Å². The summed E-state index contributed by atoms with van der Waals surface area (Å²) < 4.78 is 3.84. The third kappa shape index (κ3) is 1.13. The molecule has 0 amide bonds. The molecular weight excluding hydrogens is 258 g/mol. The highest BCUT2D eigenvalue weighted by atomic mass is 16.3. The molecular formula is C14H13N3O3. The van der Waals surface area contributed by atoms with Crippen LogP contribution in [0.3, 0.4) is 0 Å². The number of para-hydroxylation sites is 1. The molecule has 1 aromatic carbocycles. The lowest BCUT2D eigenvalue weighted by atomic mass is 9.97. The Bertz CT molecular complexity index is 791. The Balaban J connectivity index is 2.03. The van der Waals surface area contributed by atoms with Gasteiger partial charge < -0.3 is 5.11 Å². The summed E-state index contributed by atoms with van der Waals surface area (Å²) >= 11 is 0. The second kappa shape index (κ2) is 3.40. The van der Waals surface area contributed by atoms with E-state index in [0.717, 1.165) is 4.57 Å². The fourth-order valence-electron chi connectivity index (χ4n) is 3.21. The van der Waals surface area contributed by atoms with Gasteiger partial charge in [-0.05, 0) is 19.1 Å². The second-order valence-electron chi connectivity index (χ2n) is 5.43. The molecule has 20 heavy (non-hydrogen) atoms. The Hall–Kier alpha value is -2.34. The molecule has 0 spiro atoms. The lowest BCUT2D eigenvalue weighted by Crippen LogP contribution is -2.37. The molecule has 2 bridgehead atoms. The first-order valence-corrected chi connectivity index (χ1v) is 6.45. The van der Waals surface area contributed by atoms with Gasteiger partial charge >= 0.3 is 11.4 Å². The van der Waals surface area contributed by atoms with Crippen LogP contribution < -0.4 is 11.4 Å². The summed E-state index contributed by atoms with van der Waals surface area (Å²) in [7, 11) is 0. The quantitative estimate of drug-likeness (QED) is 0.754. The summed E-state index contributed by atoms with van der Waals surface area (Å²) in [5, 5.41) is 10.4. The molecule has 0 saturated carbocycles. The monoisotopic (exact) mass is 271 g/mol. The number of aliphatic hydroxyl groups is 1. The SMILES string of the molecule is CC1(O)[C@@H]2C=C[C@H]1n1c(=O)n(-c3ccccc3)c(=O)n12. The molecule has 1 aromatic heterocycles. The third-order valence-electron chi connectivity index (χ3n) is 4.22. The van der Waals surface area contributed by atoms with Crippen LogP contribution in [-0.2, 0) is 0 Å². The molecule has 3 atom stereocenters. The summed E-state index contributed by atoms with van der Waals surface area (Å²) in [6.07, 6.45) is 3.56. The van der Waals surface area contributed by atoms with Crippen LogP contribution in [0, 0.1) is 0 Å². The van der Waals surface area contributed by atoms with Crippen molar-refractivity contribution in [2.24, 2.45) is 0 Å². The minimum Gasteiger partial charge on any atom is -0.385 e. The van der Waals surface area contributed by atoms with Crippen LogP contribution in [0.15, 0.2) is 52.1 Å². The largest absolute Gasteiger partial charge is 0.385 e. The molecule has 2 aliphatic rings. The average Bonchev–Trinajstić information content (AvgIpc) is 2.96. The molecule has 1 N–H and O–H groups in total. The molecule has 6 heteroatoms.